The van der Waals surface area contributed by atoms with E-state index < -0.39 is 6.04 Å². The minimum atomic E-state index is -0.393. The molecule has 1 fully saturated rings. The molecule has 106 valence electrons. The Labute approximate surface area is 117 Å². The number of hydrogen-bond acceptors (Lipinski definition) is 4. The van der Waals surface area contributed by atoms with Crippen LogP contribution >= 0.6 is 0 Å². The van der Waals surface area contributed by atoms with Crippen molar-refractivity contribution < 1.29 is 14.3 Å². The van der Waals surface area contributed by atoms with Crippen molar-refractivity contribution in [2.45, 2.75) is 38.1 Å². The zero-order valence-electron chi connectivity index (χ0n) is 11.2. The fourth-order valence-corrected chi connectivity index (χ4v) is 2.60. The van der Waals surface area contributed by atoms with E-state index in [0.29, 0.717) is 32.1 Å². The minimum absolute atomic E-state index is 0.0870. The maximum atomic E-state index is 12.3. The van der Waals surface area contributed by atoms with Crippen LogP contribution in [0.3, 0.4) is 0 Å². The Morgan fingerprint density at radius 3 is 3.25 bits per heavy atom. The van der Waals surface area contributed by atoms with Gasteiger partial charge in [-0.15, -0.1) is 6.42 Å². The number of rotatable bonds is 3. The fraction of sp³-hybridized carbons (Fsp3) is 0.571. The highest BCUT2D eigenvalue weighted by molar-refractivity contribution is 5.93. The predicted octanol–water partition coefficient (Wildman–Crippen LogP) is 0.324. The number of fused-ring (bicyclic) bond motifs is 1. The molecule has 2 aliphatic heterocycles. The van der Waals surface area contributed by atoms with Gasteiger partial charge in [-0.2, -0.15) is 0 Å². The number of terminal acetylenes is 1. The maximum absolute atomic E-state index is 12.3. The number of carbonyl (C=O) groups excluding carboxylic acids is 1. The van der Waals surface area contributed by atoms with E-state index >= 15 is 0 Å². The standard InChI is InChI=1S/C14H17N3O3/c1-2-10(12-4-3-6-20-12)16-14(18)11-8-15-13-9-19-7-5-17(11)13/h1,8,10,12H,3-7,9H2,(H,16,18)/t10-,12-/m0/s1. The number of amides is 1. The molecule has 0 spiro atoms. The molecule has 1 aromatic heterocycles. The highest BCUT2D eigenvalue weighted by atomic mass is 16.5. The highest BCUT2D eigenvalue weighted by Gasteiger charge is 2.27. The lowest BCUT2D eigenvalue weighted by Crippen LogP contribution is -2.43. The highest BCUT2D eigenvalue weighted by Crippen LogP contribution is 2.16. The molecule has 6 heteroatoms. The van der Waals surface area contributed by atoms with Crippen molar-refractivity contribution in [3.05, 3.63) is 17.7 Å². The molecule has 6 nitrogen and oxygen atoms in total. The molecule has 0 bridgehead atoms. The summed E-state index contributed by atoms with van der Waals surface area (Å²) in [5.74, 6) is 3.17. The SMILES string of the molecule is C#C[C@H](NC(=O)c1cnc2n1CCOC2)[C@@H]1CCCO1. The molecule has 1 amide bonds. The molecular weight excluding hydrogens is 258 g/mol. The second-order valence-electron chi connectivity index (χ2n) is 4.93. The summed E-state index contributed by atoms with van der Waals surface area (Å²) in [6, 6.07) is -0.393. The zero-order valence-corrected chi connectivity index (χ0v) is 11.2. The molecule has 3 rings (SSSR count). The van der Waals surface area contributed by atoms with E-state index in [0.717, 1.165) is 18.7 Å². The molecule has 0 saturated carbocycles. The Bertz CT molecular complexity index is 540. The molecule has 0 aliphatic carbocycles. The van der Waals surface area contributed by atoms with E-state index in [4.69, 9.17) is 15.9 Å². The fourth-order valence-electron chi connectivity index (χ4n) is 2.60. The Morgan fingerprint density at radius 1 is 1.60 bits per heavy atom. The number of nitrogens with zero attached hydrogens (tertiary/aromatic N) is 2. The normalized spacial score (nSPS) is 22.9. The monoisotopic (exact) mass is 275 g/mol. The van der Waals surface area contributed by atoms with Crippen LogP contribution in [-0.2, 0) is 22.6 Å². The van der Waals surface area contributed by atoms with Gasteiger partial charge in [-0.1, -0.05) is 5.92 Å². The van der Waals surface area contributed by atoms with Crippen LogP contribution in [-0.4, -0.2) is 40.8 Å². The van der Waals surface area contributed by atoms with Crippen molar-refractivity contribution in [3.63, 3.8) is 0 Å². The van der Waals surface area contributed by atoms with Gasteiger partial charge in [-0.3, -0.25) is 4.79 Å². The molecule has 1 aromatic rings. The van der Waals surface area contributed by atoms with Gasteiger partial charge in [0.15, 0.2) is 0 Å². The van der Waals surface area contributed by atoms with Gasteiger partial charge in [0.25, 0.3) is 5.91 Å². The van der Waals surface area contributed by atoms with Crippen LogP contribution in [0.5, 0.6) is 0 Å². The Hall–Kier alpha value is -1.84. The van der Waals surface area contributed by atoms with Crippen molar-refractivity contribution >= 4 is 5.91 Å². The number of hydrogen-bond donors (Lipinski definition) is 1. The van der Waals surface area contributed by atoms with Gasteiger partial charge >= 0.3 is 0 Å². The summed E-state index contributed by atoms with van der Waals surface area (Å²) < 4.78 is 12.7. The number of aromatic nitrogens is 2. The Morgan fingerprint density at radius 2 is 2.50 bits per heavy atom. The maximum Gasteiger partial charge on any atom is 0.270 e. The zero-order chi connectivity index (χ0) is 13.9. The van der Waals surface area contributed by atoms with Crippen molar-refractivity contribution in [1.29, 1.82) is 0 Å². The smallest absolute Gasteiger partial charge is 0.270 e. The second-order valence-corrected chi connectivity index (χ2v) is 4.93. The second kappa shape index (κ2) is 5.65. The van der Waals surface area contributed by atoms with E-state index in [2.05, 4.69) is 16.2 Å². The molecule has 2 aliphatic rings. The first-order valence-corrected chi connectivity index (χ1v) is 6.80. The Kier molecular flexibility index (Phi) is 3.72. The van der Waals surface area contributed by atoms with Crippen LogP contribution < -0.4 is 5.32 Å². The predicted molar refractivity (Wildman–Crippen MR) is 70.9 cm³/mol. The molecule has 0 aromatic carbocycles. The van der Waals surface area contributed by atoms with Gasteiger partial charge in [0.05, 0.1) is 18.9 Å². The summed E-state index contributed by atoms with van der Waals surface area (Å²) in [5.41, 5.74) is 0.529. The number of nitrogens with one attached hydrogen (secondary N) is 1. The number of carbonyl (C=O) groups is 1. The molecule has 0 unspecified atom stereocenters. The first-order chi connectivity index (χ1) is 9.79. The van der Waals surface area contributed by atoms with E-state index in [1.807, 2.05) is 4.57 Å². The minimum Gasteiger partial charge on any atom is -0.375 e. The lowest BCUT2D eigenvalue weighted by Gasteiger charge is -2.20. The van der Waals surface area contributed by atoms with Crippen LogP contribution in [0, 0.1) is 12.3 Å². The van der Waals surface area contributed by atoms with Crippen LogP contribution in [0.25, 0.3) is 0 Å². The number of imidazole rings is 1. The molecule has 1 saturated heterocycles. The van der Waals surface area contributed by atoms with Crippen LogP contribution in [0.2, 0.25) is 0 Å². The summed E-state index contributed by atoms with van der Waals surface area (Å²) >= 11 is 0. The van der Waals surface area contributed by atoms with E-state index in [1.54, 1.807) is 6.20 Å². The van der Waals surface area contributed by atoms with Gasteiger partial charge in [0, 0.05) is 13.2 Å². The van der Waals surface area contributed by atoms with Crippen LogP contribution in [0.1, 0.15) is 29.2 Å². The average Bonchev–Trinajstić information content (AvgIpc) is 3.13. The third-order valence-electron chi connectivity index (χ3n) is 3.66. The third-order valence-corrected chi connectivity index (χ3v) is 3.66. The first-order valence-electron chi connectivity index (χ1n) is 6.80. The molecule has 3 heterocycles. The first kappa shape index (κ1) is 13.2. The van der Waals surface area contributed by atoms with E-state index in [-0.39, 0.29) is 12.0 Å². The van der Waals surface area contributed by atoms with E-state index in [9.17, 15) is 4.79 Å². The van der Waals surface area contributed by atoms with Crippen molar-refractivity contribution in [1.82, 2.24) is 14.9 Å². The van der Waals surface area contributed by atoms with Crippen molar-refractivity contribution in [3.8, 4) is 12.3 Å². The van der Waals surface area contributed by atoms with Gasteiger partial charge in [-0.25, -0.2) is 4.98 Å². The van der Waals surface area contributed by atoms with E-state index in [1.165, 1.54) is 0 Å². The third kappa shape index (κ3) is 2.42. The van der Waals surface area contributed by atoms with Gasteiger partial charge in [0.2, 0.25) is 0 Å². The summed E-state index contributed by atoms with van der Waals surface area (Å²) in [4.78, 5) is 16.5. The quantitative estimate of drug-likeness (QED) is 0.807. The molecule has 20 heavy (non-hydrogen) atoms. The summed E-state index contributed by atoms with van der Waals surface area (Å²) in [5, 5.41) is 2.86. The van der Waals surface area contributed by atoms with Gasteiger partial charge in [-0.05, 0) is 12.8 Å². The average molecular weight is 275 g/mol. The van der Waals surface area contributed by atoms with Gasteiger partial charge in [0.1, 0.15) is 24.2 Å². The largest absolute Gasteiger partial charge is 0.375 e. The lowest BCUT2D eigenvalue weighted by atomic mass is 10.1. The molecular formula is C14H17N3O3. The van der Waals surface area contributed by atoms with Crippen molar-refractivity contribution in [2.24, 2.45) is 0 Å². The Balaban J connectivity index is 1.72. The van der Waals surface area contributed by atoms with Gasteiger partial charge < -0.3 is 19.4 Å². The van der Waals surface area contributed by atoms with Crippen LogP contribution in [0.15, 0.2) is 6.20 Å². The lowest BCUT2D eigenvalue weighted by molar-refractivity contribution is 0.0723. The van der Waals surface area contributed by atoms with Crippen molar-refractivity contribution in [2.75, 3.05) is 13.2 Å². The topological polar surface area (TPSA) is 65.4 Å². The number of ether oxygens (including phenoxy) is 2. The molecule has 0 radical (unpaired) electrons. The molecule has 2 atom stereocenters. The van der Waals surface area contributed by atoms with Crippen LogP contribution in [0.4, 0.5) is 0 Å². The summed E-state index contributed by atoms with van der Waals surface area (Å²) in [6.07, 6.45) is 8.86. The molecule has 1 N–H and O–H groups in total. The summed E-state index contributed by atoms with van der Waals surface area (Å²) in [7, 11) is 0. The summed E-state index contributed by atoms with van der Waals surface area (Å²) in [6.45, 7) is 2.38.